The van der Waals surface area contributed by atoms with Crippen molar-refractivity contribution in [2.45, 2.75) is 6.42 Å². The van der Waals surface area contributed by atoms with E-state index in [-0.39, 0.29) is 0 Å². The van der Waals surface area contributed by atoms with Crippen LogP contribution in [0.15, 0.2) is 42.5 Å². The predicted molar refractivity (Wildman–Crippen MR) is 57.0 cm³/mol. The predicted octanol–water partition coefficient (Wildman–Crippen LogP) is 2.64. The fourth-order valence-electron chi connectivity index (χ4n) is 1.34. The van der Waals surface area contributed by atoms with Crippen molar-refractivity contribution < 1.29 is 4.74 Å². The molecule has 2 rings (SSSR count). The Morgan fingerprint density at radius 1 is 1.29 bits per heavy atom. The Balaban J connectivity index is 1.85. The molecule has 0 heterocycles. The zero-order valence-electron chi connectivity index (χ0n) is 7.94. The van der Waals surface area contributed by atoms with E-state index in [0.29, 0.717) is 12.5 Å². The molecule has 1 aliphatic carbocycles. The minimum atomic E-state index is 0.347. The minimum Gasteiger partial charge on any atom is -0.492 e. The molecule has 1 aliphatic rings. The van der Waals surface area contributed by atoms with Crippen molar-refractivity contribution in [3.63, 3.8) is 0 Å². The van der Waals surface area contributed by atoms with Crippen LogP contribution < -0.4 is 4.74 Å². The number of benzene rings is 1. The summed E-state index contributed by atoms with van der Waals surface area (Å²) in [4.78, 5) is 0. The van der Waals surface area contributed by atoms with Gasteiger partial charge in [0.15, 0.2) is 0 Å². The topological polar surface area (TPSA) is 9.23 Å². The fourth-order valence-corrected chi connectivity index (χ4v) is 1.34. The van der Waals surface area contributed by atoms with Gasteiger partial charge in [-0.05, 0) is 24.6 Å². The Labute approximate surface area is 84.4 Å². The maximum Gasteiger partial charge on any atom is 0.119 e. The molecule has 0 radical (unpaired) electrons. The second-order valence-corrected chi connectivity index (χ2v) is 3.25. The molecule has 0 fully saturated rings. The SMILES string of the molecule is C1#CC(COc2ccccc2)CC=C1. The van der Waals surface area contributed by atoms with Crippen molar-refractivity contribution in [1.29, 1.82) is 0 Å². The second-order valence-electron chi connectivity index (χ2n) is 3.25. The first-order chi connectivity index (χ1) is 6.95. The monoisotopic (exact) mass is 184 g/mol. The maximum absolute atomic E-state index is 5.61. The van der Waals surface area contributed by atoms with Crippen LogP contribution in [0.4, 0.5) is 0 Å². The molecule has 0 N–H and O–H groups in total. The lowest BCUT2D eigenvalue weighted by Crippen LogP contribution is -2.10. The number of hydrogen-bond donors (Lipinski definition) is 0. The van der Waals surface area contributed by atoms with Gasteiger partial charge in [-0.2, -0.15) is 0 Å². The van der Waals surface area contributed by atoms with Gasteiger partial charge >= 0.3 is 0 Å². The molecule has 0 spiro atoms. The van der Waals surface area contributed by atoms with E-state index in [1.165, 1.54) is 0 Å². The zero-order chi connectivity index (χ0) is 9.64. The molecule has 0 saturated carbocycles. The van der Waals surface area contributed by atoms with Crippen LogP contribution in [0.5, 0.6) is 5.75 Å². The van der Waals surface area contributed by atoms with Crippen molar-refractivity contribution in [1.82, 2.24) is 0 Å². The van der Waals surface area contributed by atoms with Crippen molar-refractivity contribution in [3.8, 4) is 17.6 Å². The van der Waals surface area contributed by atoms with E-state index in [2.05, 4.69) is 17.9 Å². The van der Waals surface area contributed by atoms with Gasteiger partial charge in [-0.15, -0.1) is 0 Å². The largest absolute Gasteiger partial charge is 0.492 e. The first kappa shape index (κ1) is 8.90. The maximum atomic E-state index is 5.61. The van der Waals surface area contributed by atoms with Crippen molar-refractivity contribution in [2.75, 3.05) is 6.61 Å². The summed E-state index contributed by atoms with van der Waals surface area (Å²) in [6.07, 6.45) is 4.99. The van der Waals surface area contributed by atoms with E-state index in [1.807, 2.05) is 36.4 Å². The Bertz CT molecular complexity index is 367. The molecular formula is C13H12O. The summed E-state index contributed by atoms with van der Waals surface area (Å²) in [5.74, 6) is 7.36. The molecule has 1 heteroatoms. The van der Waals surface area contributed by atoms with Gasteiger partial charge in [0.1, 0.15) is 12.4 Å². The summed E-state index contributed by atoms with van der Waals surface area (Å²) in [7, 11) is 0. The van der Waals surface area contributed by atoms with Gasteiger partial charge < -0.3 is 4.74 Å². The summed E-state index contributed by atoms with van der Waals surface area (Å²) in [5.41, 5.74) is 0. The third kappa shape index (κ3) is 2.40. The standard InChI is InChI=1S/C13H12O/c1-3-7-12(8-4-1)11-14-13-9-5-2-6-10-13/h1-3,5-6,9-10,12H,7,11H2. The van der Waals surface area contributed by atoms with Crippen LogP contribution in [-0.2, 0) is 0 Å². The zero-order valence-corrected chi connectivity index (χ0v) is 7.94. The van der Waals surface area contributed by atoms with E-state index in [4.69, 9.17) is 4.74 Å². The normalized spacial score (nSPS) is 18.4. The Morgan fingerprint density at radius 3 is 2.86 bits per heavy atom. The molecular weight excluding hydrogens is 172 g/mol. The molecule has 0 bridgehead atoms. The molecule has 0 amide bonds. The number of ether oxygens (including phenoxy) is 1. The van der Waals surface area contributed by atoms with Gasteiger partial charge in [-0.25, -0.2) is 0 Å². The van der Waals surface area contributed by atoms with Crippen molar-refractivity contribution in [3.05, 3.63) is 42.5 Å². The quantitative estimate of drug-likeness (QED) is 0.656. The van der Waals surface area contributed by atoms with Crippen LogP contribution in [0, 0.1) is 17.8 Å². The molecule has 1 atom stereocenters. The summed E-state index contributed by atoms with van der Waals surface area (Å²) in [6, 6.07) is 9.86. The van der Waals surface area contributed by atoms with E-state index in [9.17, 15) is 0 Å². The van der Waals surface area contributed by atoms with Gasteiger partial charge in [-0.1, -0.05) is 36.1 Å². The highest BCUT2D eigenvalue weighted by Gasteiger charge is 2.05. The average molecular weight is 184 g/mol. The van der Waals surface area contributed by atoms with Gasteiger partial charge in [0, 0.05) is 0 Å². The molecule has 70 valence electrons. The molecule has 0 aliphatic heterocycles. The van der Waals surface area contributed by atoms with Crippen LogP contribution in [0.2, 0.25) is 0 Å². The number of allylic oxidation sites excluding steroid dienone is 2. The Morgan fingerprint density at radius 2 is 2.14 bits per heavy atom. The van der Waals surface area contributed by atoms with Crippen LogP contribution in [-0.4, -0.2) is 6.61 Å². The molecule has 1 unspecified atom stereocenters. The van der Waals surface area contributed by atoms with E-state index < -0.39 is 0 Å². The highest BCUT2D eigenvalue weighted by atomic mass is 16.5. The lowest BCUT2D eigenvalue weighted by molar-refractivity contribution is 0.281. The van der Waals surface area contributed by atoms with Crippen LogP contribution >= 0.6 is 0 Å². The third-order valence-corrected chi connectivity index (χ3v) is 2.10. The summed E-state index contributed by atoms with van der Waals surface area (Å²) < 4.78 is 5.61. The van der Waals surface area contributed by atoms with Gasteiger partial charge in [0.05, 0.1) is 5.92 Å². The third-order valence-electron chi connectivity index (χ3n) is 2.10. The minimum absolute atomic E-state index is 0.347. The van der Waals surface area contributed by atoms with Crippen LogP contribution in [0.3, 0.4) is 0 Å². The molecule has 0 saturated heterocycles. The van der Waals surface area contributed by atoms with Crippen LogP contribution in [0.1, 0.15) is 6.42 Å². The fraction of sp³-hybridized carbons (Fsp3) is 0.231. The summed E-state index contributed by atoms with van der Waals surface area (Å²) in [5, 5.41) is 0. The van der Waals surface area contributed by atoms with Gasteiger partial charge in [0.25, 0.3) is 0 Å². The molecule has 1 aromatic carbocycles. The van der Waals surface area contributed by atoms with E-state index in [0.717, 1.165) is 12.2 Å². The highest BCUT2D eigenvalue weighted by Crippen LogP contribution is 2.12. The first-order valence-corrected chi connectivity index (χ1v) is 4.79. The van der Waals surface area contributed by atoms with Crippen LogP contribution in [0.25, 0.3) is 0 Å². The van der Waals surface area contributed by atoms with E-state index >= 15 is 0 Å². The van der Waals surface area contributed by atoms with Gasteiger partial charge in [0.2, 0.25) is 0 Å². The smallest absolute Gasteiger partial charge is 0.119 e. The second kappa shape index (κ2) is 4.53. The van der Waals surface area contributed by atoms with E-state index in [1.54, 1.807) is 0 Å². The Hall–Kier alpha value is -1.68. The Kier molecular flexibility index (Phi) is 2.88. The molecule has 0 aromatic heterocycles. The summed E-state index contributed by atoms with van der Waals surface area (Å²) >= 11 is 0. The molecule has 1 nitrogen and oxygen atoms in total. The summed E-state index contributed by atoms with van der Waals surface area (Å²) in [6.45, 7) is 0.682. The number of para-hydroxylation sites is 1. The van der Waals surface area contributed by atoms with Crippen molar-refractivity contribution >= 4 is 0 Å². The average Bonchev–Trinajstić information content (AvgIpc) is 2.29. The molecule has 1 aromatic rings. The number of hydrogen-bond acceptors (Lipinski definition) is 1. The highest BCUT2D eigenvalue weighted by molar-refractivity contribution is 5.24. The lowest BCUT2D eigenvalue weighted by atomic mass is 10.0. The number of rotatable bonds is 3. The van der Waals surface area contributed by atoms with Crippen molar-refractivity contribution in [2.24, 2.45) is 5.92 Å². The van der Waals surface area contributed by atoms with Gasteiger partial charge in [-0.3, -0.25) is 0 Å². The molecule has 14 heavy (non-hydrogen) atoms. The lowest BCUT2D eigenvalue weighted by Gasteiger charge is -2.11. The first-order valence-electron chi connectivity index (χ1n) is 4.79.